The van der Waals surface area contributed by atoms with E-state index in [1.54, 1.807) is 0 Å². The molecule has 2 nitrogen and oxygen atoms in total. The number of nitrogens with zero attached hydrogens (tertiary/aromatic N) is 2. The van der Waals surface area contributed by atoms with Gasteiger partial charge in [-0.3, -0.25) is 0 Å². The lowest BCUT2D eigenvalue weighted by molar-refractivity contribution is 0.660. The first-order valence-electron chi connectivity index (χ1n) is 20.1. The van der Waals surface area contributed by atoms with E-state index in [1.807, 2.05) is 0 Å². The minimum atomic E-state index is -0.121. The van der Waals surface area contributed by atoms with E-state index in [9.17, 15) is 0 Å². The molecule has 0 saturated heterocycles. The highest BCUT2D eigenvalue weighted by molar-refractivity contribution is 6.22. The van der Waals surface area contributed by atoms with Gasteiger partial charge in [-0.05, 0) is 118 Å². The van der Waals surface area contributed by atoms with Gasteiger partial charge in [0.05, 0.1) is 5.69 Å². The third-order valence-electron chi connectivity index (χ3n) is 13.4. The van der Waals surface area contributed by atoms with E-state index in [2.05, 4.69) is 202 Å². The van der Waals surface area contributed by atoms with Gasteiger partial charge in [0, 0.05) is 34.2 Å². The van der Waals surface area contributed by atoms with Crippen LogP contribution in [0.3, 0.4) is 0 Å². The molecule has 2 heteroatoms. The first-order valence-corrected chi connectivity index (χ1v) is 20.1. The third kappa shape index (κ3) is 4.44. The Morgan fingerprint density at radius 1 is 0.404 bits per heavy atom. The van der Waals surface area contributed by atoms with Crippen molar-refractivity contribution in [1.29, 1.82) is 0 Å². The summed E-state index contributed by atoms with van der Waals surface area (Å²) < 4.78 is 2.14. The Hall–Kier alpha value is -6.77. The maximum absolute atomic E-state index is 5.14. The molecule has 0 unspecified atom stereocenters. The van der Waals surface area contributed by atoms with Gasteiger partial charge in [0.1, 0.15) is 5.65 Å². The fourth-order valence-electron chi connectivity index (χ4n) is 10.5. The Morgan fingerprint density at radius 3 is 1.65 bits per heavy atom. The molecule has 0 N–H and O–H groups in total. The van der Waals surface area contributed by atoms with Crippen LogP contribution in [0.25, 0.3) is 93.7 Å². The van der Waals surface area contributed by atoms with Gasteiger partial charge >= 0.3 is 0 Å². The average molecular weight is 729 g/mol. The Bertz CT molecular complexity index is 3340. The van der Waals surface area contributed by atoms with Crippen molar-refractivity contribution in [1.82, 2.24) is 9.38 Å². The highest BCUT2D eigenvalue weighted by Crippen LogP contribution is 2.55. The van der Waals surface area contributed by atoms with Crippen LogP contribution in [0.5, 0.6) is 0 Å². The normalized spacial score (nSPS) is 14.6. The van der Waals surface area contributed by atoms with Gasteiger partial charge in [0.15, 0.2) is 0 Å². The number of pyridine rings is 1. The smallest absolute Gasteiger partial charge is 0.145 e. The minimum absolute atomic E-state index is 0.0898. The Balaban J connectivity index is 1.11. The molecule has 8 aromatic carbocycles. The average Bonchev–Trinajstić information content (AvgIpc) is 3.86. The lowest BCUT2D eigenvalue weighted by Gasteiger charge is -2.25. The van der Waals surface area contributed by atoms with E-state index < -0.39 is 0 Å². The van der Waals surface area contributed by atoms with Gasteiger partial charge in [-0.1, -0.05) is 161 Å². The summed E-state index contributed by atoms with van der Waals surface area (Å²) in [5, 5.41) is 7.48. The van der Waals surface area contributed by atoms with Crippen LogP contribution in [0, 0.1) is 0 Å². The predicted molar refractivity (Wildman–Crippen MR) is 239 cm³/mol. The SMILES string of the molecule is CC1(C)c2ccccc2-c2ccc(-c3c4ccccc4c(-c4ccc(-c5cn6ccc7ccccc7c6n5)cc4)c4cc5c(cc34)-c3ccccc3C5(C)C)cc21. The molecule has 2 aromatic heterocycles. The number of hydrogen-bond donors (Lipinski definition) is 0. The van der Waals surface area contributed by atoms with Crippen molar-refractivity contribution >= 4 is 38.0 Å². The summed E-state index contributed by atoms with van der Waals surface area (Å²) in [6.45, 7) is 9.53. The lowest BCUT2D eigenvalue weighted by Crippen LogP contribution is -2.15. The van der Waals surface area contributed by atoms with Crippen LogP contribution in [-0.2, 0) is 10.8 Å². The zero-order chi connectivity index (χ0) is 38.2. The van der Waals surface area contributed by atoms with Crippen molar-refractivity contribution < 1.29 is 0 Å². The van der Waals surface area contributed by atoms with Crippen molar-refractivity contribution in [3.8, 4) is 55.8 Å². The molecule has 10 aromatic rings. The maximum Gasteiger partial charge on any atom is 0.145 e. The molecule has 0 radical (unpaired) electrons. The number of aromatic nitrogens is 2. The topological polar surface area (TPSA) is 17.3 Å². The molecule has 0 fully saturated rings. The molecular formula is C55H40N2. The van der Waals surface area contributed by atoms with E-state index in [4.69, 9.17) is 4.98 Å². The molecule has 2 aliphatic carbocycles. The van der Waals surface area contributed by atoms with Crippen molar-refractivity contribution in [2.24, 2.45) is 0 Å². The van der Waals surface area contributed by atoms with Crippen LogP contribution in [-0.4, -0.2) is 9.38 Å². The minimum Gasteiger partial charge on any atom is -0.306 e. The molecule has 0 spiro atoms. The lowest BCUT2D eigenvalue weighted by atomic mass is 9.78. The largest absolute Gasteiger partial charge is 0.306 e. The number of benzene rings is 8. The van der Waals surface area contributed by atoms with E-state index >= 15 is 0 Å². The second-order valence-electron chi connectivity index (χ2n) is 17.2. The first kappa shape index (κ1) is 32.5. The predicted octanol–water partition coefficient (Wildman–Crippen LogP) is 14.4. The van der Waals surface area contributed by atoms with Crippen LogP contribution >= 0.6 is 0 Å². The third-order valence-corrected chi connectivity index (χ3v) is 13.4. The molecule has 2 heterocycles. The van der Waals surface area contributed by atoms with Gasteiger partial charge in [-0.15, -0.1) is 0 Å². The van der Waals surface area contributed by atoms with E-state index in [0.717, 1.165) is 22.3 Å². The molecule has 0 amide bonds. The molecule has 0 saturated carbocycles. The summed E-state index contributed by atoms with van der Waals surface area (Å²) >= 11 is 0. The molecular weight excluding hydrogens is 689 g/mol. The van der Waals surface area contributed by atoms with Gasteiger partial charge in [0.2, 0.25) is 0 Å². The Labute approximate surface area is 332 Å². The van der Waals surface area contributed by atoms with Crippen molar-refractivity contribution in [3.63, 3.8) is 0 Å². The number of fused-ring (bicyclic) bond motifs is 11. The summed E-state index contributed by atoms with van der Waals surface area (Å²) in [5.74, 6) is 0. The van der Waals surface area contributed by atoms with Crippen LogP contribution in [0.1, 0.15) is 49.9 Å². The van der Waals surface area contributed by atoms with Crippen LogP contribution in [0.4, 0.5) is 0 Å². The van der Waals surface area contributed by atoms with E-state index in [-0.39, 0.29) is 10.8 Å². The van der Waals surface area contributed by atoms with Crippen molar-refractivity contribution in [2.75, 3.05) is 0 Å². The summed E-state index contributed by atoms with van der Waals surface area (Å²) in [5.41, 5.74) is 18.9. The summed E-state index contributed by atoms with van der Waals surface area (Å²) in [6.07, 6.45) is 4.26. The molecule has 0 bridgehead atoms. The number of hydrogen-bond acceptors (Lipinski definition) is 1. The van der Waals surface area contributed by atoms with Crippen molar-refractivity contribution in [2.45, 2.75) is 38.5 Å². The summed E-state index contributed by atoms with van der Waals surface area (Å²) in [7, 11) is 0. The molecule has 57 heavy (non-hydrogen) atoms. The highest BCUT2D eigenvalue weighted by atomic mass is 15.0. The van der Waals surface area contributed by atoms with E-state index in [0.29, 0.717) is 0 Å². The molecule has 0 atom stereocenters. The second-order valence-corrected chi connectivity index (χ2v) is 17.2. The zero-order valence-electron chi connectivity index (χ0n) is 32.6. The van der Waals surface area contributed by atoms with Gasteiger partial charge in [-0.2, -0.15) is 0 Å². The standard InChI is InChI=1S/C55H40N2/c1-54(2)46-19-11-9-15-38(46)40-26-25-36(29-48(40)54)52-42-18-8-7-17-41(42)51(45-31-49-43(30-44(45)52)39-16-10-12-20-47(39)55(49,3)4)35-23-21-34(22-24-35)50-32-57-28-27-33-13-5-6-14-37(33)53(57)56-50/h5-32H,1-4H3. The first-order chi connectivity index (χ1) is 27.8. The second kappa shape index (κ2) is 11.4. The zero-order valence-corrected chi connectivity index (χ0v) is 32.6. The fraction of sp³-hybridized carbons (Fsp3) is 0.109. The van der Waals surface area contributed by atoms with Gasteiger partial charge in [-0.25, -0.2) is 4.98 Å². The molecule has 2 aliphatic rings. The summed E-state index contributed by atoms with van der Waals surface area (Å²) in [4.78, 5) is 5.14. The monoisotopic (exact) mass is 728 g/mol. The van der Waals surface area contributed by atoms with Crippen molar-refractivity contribution in [3.05, 3.63) is 192 Å². The number of imidazole rings is 1. The highest BCUT2D eigenvalue weighted by Gasteiger charge is 2.38. The summed E-state index contributed by atoms with van der Waals surface area (Å²) in [6, 6.07) is 59.1. The maximum atomic E-state index is 5.14. The van der Waals surface area contributed by atoms with Crippen LogP contribution in [0.2, 0.25) is 0 Å². The Kier molecular flexibility index (Phi) is 6.49. The quantitative estimate of drug-likeness (QED) is 0.166. The van der Waals surface area contributed by atoms with Gasteiger partial charge in [0.25, 0.3) is 0 Å². The fourth-order valence-corrected chi connectivity index (χ4v) is 10.5. The van der Waals surface area contributed by atoms with E-state index in [1.165, 1.54) is 93.7 Å². The van der Waals surface area contributed by atoms with Crippen LogP contribution < -0.4 is 0 Å². The van der Waals surface area contributed by atoms with Gasteiger partial charge < -0.3 is 4.40 Å². The van der Waals surface area contributed by atoms with Crippen LogP contribution in [0.15, 0.2) is 170 Å². The number of rotatable bonds is 3. The molecule has 270 valence electrons. The Morgan fingerprint density at radius 2 is 0.930 bits per heavy atom. The molecule has 12 rings (SSSR count). The molecule has 0 aliphatic heterocycles.